The van der Waals surface area contributed by atoms with Crippen molar-refractivity contribution in [1.82, 2.24) is 9.80 Å². The third-order valence-electron chi connectivity index (χ3n) is 4.02. The molecular formula is C17H23N3O4. The average Bonchev–Trinajstić information content (AvgIpc) is 2.54. The van der Waals surface area contributed by atoms with Gasteiger partial charge < -0.3 is 4.90 Å². The zero-order valence-corrected chi connectivity index (χ0v) is 14.3. The number of hydrogen-bond acceptors (Lipinski definition) is 4. The molecule has 130 valence electrons. The molecule has 1 aliphatic rings. The fraction of sp³-hybridized carbons (Fsp3) is 0.529. The number of urea groups is 1. The van der Waals surface area contributed by atoms with Crippen molar-refractivity contribution in [3.63, 3.8) is 0 Å². The molecule has 1 heterocycles. The number of rotatable bonds is 2. The molecule has 7 heteroatoms. The van der Waals surface area contributed by atoms with E-state index in [9.17, 15) is 19.7 Å². The van der Waals surface area contributed by atoms with E-state index in [4.69, 9.17) is 0 Å². The molecule has 7 nitrogen and oxygen atoms in total. The normalized spacial score (nSPS) is 15.0. The number of likely N-dealkylation sites (tertiary alicyclic amines) is 1. The maximum Gasteiger partial charge on any atom is 0.327 e. The minimum Gasteiger partial charge on any atom is -0.324 e. The number of nitrogens with zero attached hydrogens (tertiary/aromatic N) is 3. The second-order valence-electron chi connectivity index (χ2n) is 6.95. The van der Waals surface area contributed by atoms with Crippen molar-refractivity contribution in [2.24, 2.45) is 0 Å². The Morgan fingerprint density at radius 2 is 1.62 bits per heavy atom. The maximum absolute atomic E-state index is 12.9. The first-order valence-electron chi connectivity index (χ1n) is 8.10. The van der Waals surface area contributed by atoms with Gasteiger partial charge in [0.25, 0.3) is 11.6 Å². The molecule has 0 aliphatic carbocycles. The Kier molecular flexibility index (Phi) is 5.21. The van der Waals surface area contributed by atoms with E-state index in [2.05, 4.69) is 0 Å². The van der Waals surface area contributed by atoms with Crippen LogP contribution in [0.3, 0.4) is 0 Å². The Bertz CT molecular complexity index is 628. The summed E-state index contributed by atoms with van der Waals surface area (Å²) in [7, 11) is 0. The van der Waals surface area contributed by atoms with Gasteiger partial charge in [0.15, 0.2) is 0 Å². The smallest absolute Gasteiger partial charge is 0.324 e. The Morgan fingerprint density at radius 1 is 1.08 bits per heavy atom. The molecule has 0 saturated carbocycles. The molecule has 0 radical (unpaired) electrons. The standard InChI is InChI=1S/C17H23N3O4/c1-17(2,3)19(16(22)18-11-5-4-6-12-18)15(21)13-7-9-14(10-8-13)20(23)24/h7-10H,4-6,11-12H2,1-3H3. The minimum absolute atomic E-state index is 0.0868. The first-order valence-corrected chi connectivity index (χ1v) is 8.10. The molecule has 0 spiro atoms. The van der Waals surface area contributed by atoms with E-state index in [1.807, 2.05) is 0 Å². The zero-order valence-electron chi connectivity index (χ0n) is 14.3. The molecule has 1 saturated heterocycles. The lowest BCUT2D eigenvalue weighted by molar-refractivity contribution is -0.384. The number of nitro benzene ring substituents is 1. The summed E-state index contributed by atoms with van der Waals surface area (Å²) in [6.45, 7) is 6.71. The summed E-state index contributed by atoms with van der Waals surface area (Å²) in [4.78, 5) is 38.9. The van der Waals surface area contributed by atoms with Crippen LogP contribution >= 0.6 is 0 Å². The monoisotopic (exact) mass is 333 g/mol. The van der Waals surface area contributed by atoms with E-state index in [0.29, 0.717) is 13.1 Å². The third-order valence-corrected chi connectivity index (χ3v) is 4.02. The summed E-state index contributed by atoms with van der Waals surface area (Å²) in [6.07, 6.45) is 2.97. The van der Waals surface area contributed by atoms with Crippen molar-refractivity contribution in [3.8, 4) is 0 Å². The van der Waals surface area contributed by atoms with Crippen LogP contribution in [0.4, 0.5) is 10.5 Å². The number of nitro groups is 1. The van der Waals surface area contributed by atoms with Gasteiger partial charge in [-0.15, -0.1) is 0 Å². The number of carbonyl (C=O) groups excluding carboxylic acids is 2. The summed E-state index contributed by atoms with van der Waals surface area (Å²) in [6, 6.07) is 5.04. The molecule has 0 aromatic heterocycles. The molecule has 0 atom stereocenters. The first kappa shape index (κ1) is 17.9. The van der Waals surface area contributed by atoms with Crippen LogP contribution in [0.1, 0.15) is 50.4 Å². The minimum atomic E-state index is -0.687. The Hall–Kier alpha value is -2.44. The molecule has 24 heavy (non-hydrogen) atoms. The van der Waals surface area contributed by atoms with Crippen molar-refractivity contribution in [2.45, 2.75) is 45.6 Å². The molecule has 2 rings (SSSR count). The highest BCUT2D eigenvalue weighted by Gasteiger charge is 2.36. The topological polar surface area (TPSA) is 83.8 Å². The van der Waals surface area contributed by atoms with E-state index in [1.165, 1.54) is 29.2 Å². The summed E-state index contributed by atoms with van der Waals surface area (Å²) in [5, 5.41) is 10.7. The molecule has 3 amide bonds. The lowest BCUT2D eigenvalue weighted by Crippen LogP contribution is -2.55. The highest BCUT2D eigenvalue weighted by molar-refractivity contribution is 6.05. The van der Waals surface area contributed by atoms with Crippen LogP contribution in [-0.4, -0.2) is 45.3 Å². The molecule has 1 aromatic carbocycles. The zero-order chi connectivity index (χ0) is 17.9. The van der Waals surface area contributed by atoms with Gasteiger partial charge in [0, 0.05) is 36.3 Å². The first-order chi connectivity index (χ1) is 11.2. The lowest BCUT2D eigenvalue weighted by atomic mass is 10.0. The molecule has 1 aromatic rings. The molecule has 0 bridgehead atoms. The molecular weight excluding hydrogens is 310 g/mol. The van der Waals surface area contributed by atoms with E-state index in [1.54, 1.807) is 25.7 Å². The van der Waals surface area contributed by atoms with Gasteiger partial charge in [-0.05, 0) is 52.2 Å². The fourth-order valence-corrected chi connectivity index (χ4v) is 2.76. The predicted molar refractivity (Wildman–Crippen MR) is 89.8 cm³/mol. The van der Waals surface area contributed by atoms with Crippen LogP contribution in [0.2, 0.25) is 0 Å². The van der Waals surface area contributed by atoms with Crippen LogP contribution in [0.25, 0.3) is 0 Å². The Balaban J connectivity index is 2.28. The summed E-state index contributed by atoms with van der Waals surface area (Å²) in [5.41, 5.74) is -0.509. The van der Waals surface area contributed by atoms with Crippen molar-refractivity contribution in [3.05, 3.63) is 39.9 Å². The molecule has 0 N–H and O–H groups in total. The van der Waals surface area contributed by atoms with Crippen molar-refractivity contribution < 1.29 is 14.5 Å². The van der Waals surface area contributed by atoms with Gasteiger partial charge in [-0.25, -0.2) is 4.79 Å². The van der Waals surface area contributed by atoms with Crippen molar-refractivity contribution in [2.75, 3.05) is 13.1 Å². The Morgan fingerprint density at radius 3 is 2.08 bits per heavy atom. The van der Waals surface area contributed by atoms with E-state index in [0.717, 1.165) is 19.3 Å². The SMILES string of the molecule is CC(C)(C)N(C(=O)c1ccc([N+](=O)[O-])cc1)C(=O)N1CCCCC1. The van der Waals surface area contributed by atoms with Crippen molar-refractivity contribution in [1.29, 1.82) is 0 Å². The van der Waals surface area contributed by atoms with Crippen molar-refractivity contribution >= 4 is 17.6 Å². The lowest BCUT2D eigenvalue weighted by Gasteiger charge is -2.39. The van der Waals surface area contributed by atoms with Crippen LogP contribution in [0, 0.1) is 10.1 Å². The van der Waals surface area contributed by atoms with E-state index >= 15 is 0 Å². The highest BCUT2D eigenvalue weighted by atomic mass is 16.6. The van der Waals surface area contributed by atoms with Crippen LogP contribution in [-0.2, 0) is 0 Å². The van der Waals surface area contributed by atoms with Gasteiger partial charge in [-0.1, -0.05) is 0 Å². The number of amides is 3. The number of carbonyl (C=O) groups is 2. The number of non-ortho nitro benzene ring substituents is 1. The Labute approximate surface area is 141 Å². The summed E-state index contributed by atoms with van der Waals surface area (Å²) < 4.78 is 0. The maximum atomic E-state index is 12.9. The second kappa shape index (κ2) is 6.98. The van der Waals surface area contributed by atoms with Gasteiger partial charge in [-0.2, -0.15) is 0 Å². The number of benzene rings is 1. The average molecular weight is 333 g/mol. The van der Waals surface area contributed by atoms with Crippen LogP contribution in [0.5, 0.6) is 0 Å². The fourth-order valence-electron chi connectivity index (χ4n) is 2.76. The van der Waals surface area contributed by atoms with Crippen LogP contribution < -0.4 is 0 Å². The van der Waals surface area contributed by atoms with Gasteiger partial charge in [0.2, 0.25) is 0 Å². The number of hydrogen-bond donors (Lipinski definition) is 0. The van der Waals surface area contributed by atoms with Gasteiger partial charge in [0.1, 0.15) is 0 Å². The van der Waals surface area contributed by atoms with Gasteiger partial charge in [0.05, 0.1) is 4.92 Å². The quantitative estimate of drug-likeness (QED) is 0.613. The third kappa shape index (κ3) is 3.90. The van der Waals surface area contributed by atoms with Gasteiger partial charge in [-0.3, -0.25) is 19.8 Å². The largest absolute Gasteiger partial charge is 0.327 e. The number of piperidine rings is 1. The predicted octanol–water partition coefficient (Wildman–Crippen LogP) is 3.44. The molecule has 1 fully saturated rings. The molecule has 0 unspecified atom stereocenters. The second-order valence-corrected chi connectivity index (χ2v) is 6.95. The summed E-state index contributed by atoms with van der Waals surface area (Å²) >= 11 is 0. The van der Waals surface area contributed by atoms with Crippen LogP contribution in [0.15, 0.2) is 24.3 Å². The number of imide groups is 1. The molecule has 1 aliphatic heterocycles. The highest BCUT2D eigenvalue weighted by Crippen LogP contribution is 2.23. The van der Waals surface area contributed by atoms with Gasteiger partial charge >= 0.3 is 6.03 Å². The summed E-state index contributed by atoms with van der Waals surface area (Å²) in [5.74, 6) is -0.437. The van der Waals surface area contributed by atoms with E-state index < -0.39 is 16.4 Å². The van der Waals surface area contributed by atoms with E-state index in [-0.39, 0.29) is 17.3 Å².